The Hall–Kier alpha value is -4.86. The van der Waals surface area contributed by atoms with Crippen LogP contribution in [0.2, 0.25) is 0 Å². The Morgan fingerprint density at radius 3 is 2.15 bits per heavy atom. The van der Waals surface area contributed by atoms with Crippen molar-refractivity contribution in [1.82, 2.24) is 15.8 Å². The fourth-order valence-corrected chi connectivity index (χ4v) is 4.04. The number of methoxy groups -OCH3 is 1. The Bertz CT molecular complexity index is 1330. The maximum Gasteiger partial charge on any atom is 0.336 e. The number of anilines is 2. The van der Waals surface area contributed by atoms with Crippen LogP contribution in [-0.2, 0) is 20.7 Å². The number of hydrazine groups is 1. The van der Waals surface area contributed by atoms with Gasteiger partial charge in [-0.15, -0.1) is 0 Å². The highest BCUT2D eigenvalue weighted by atomic mass is 16.5. The number of esters is 1. The van der Waals surface area contributed by atoms with Crippen LogP contribution in [0.25, 0.3) is 0 Å². The number of amides is 5. The van der Waals surface area contributed by atoms with Crippen molar-refractivity contribution < 1.29 is 23.9 Å². The van der Waals surface area contributed by atoms with E-state index in [1.165, 1.54) is 12.1 Å². The van der Waals surface area contributed by atoms with E-state index in [0.29, 0.717) is 16.9 Å². The Labute approximate surface area is 240 Å². The van der Waals surface area contributed by atoms with Crippen molar-refractivity contribution in [2.75, 3.05) is 24.3 Å². The number of para-hydroxylation sites is 1. The number of nitrogens with zero attached hydrogens (tertiary/aromatic N) is 1. The van der Waals surface area contributed by atoms with E-state index in [1.807, 2.05) is 75.4 Å². The molecular formula is C31H37N5O5. The van der Waals surface area contributed by atoms with E-state index in [1.54, 1.807) is 24.3 Å². The minimum absolute atomic E-state index is 0.0157. The molecule has 1 atom stereocenters. The summed E-state index contributed by atoms with van der Waals surface area (Å²) in [6.45, 7) is 6.02. The molecule has 0 heterocycles. The van der Waals surface area contributed by atoms with Gasteiger partial charge < -0.3 is 20.7 Å². The molecule has 0 fully saturated rings. The lowest BCUT2D eigenvalue weighted by molar-refractivity contribution is -0.141. The van der Waals surface area contributed by atoms with Gasteiger partial charge in [0.05, 0.1) is 26.0 Å². The fraction of sp³-hybridized carbons (Fsp3) is 0.290. The van der Waals surface area contributed by atoms with Gasteiger partial charge in [-0.1, -0.05) is 74.5 Å². The van der Waals surface area contributed by atoms with Gasteiger partial charge >= 0.3 is 18.0 Å². The standard InChI is InChI=1S/C31H37N5O5/c1-21(2)20-36(31(40)34-27(19-29(38)41-4)24-11-6-5-7-12-24)35-28(37)18-23-14-16-25(17-15-23)32-30(39)33-26-13-9-8-10-22(26)3/h5-17,21,27H,18-20H2,1-4H3,(H,34,40)(H,35,37)(H2,32,33,39). The van der Waals surface area contributed by atoms with Crippen LogP contribution in [-0.4, -0.2) is 42.6 Å². The monoisotopic (exact) mass is 559 g/mol. The van der Waals surface area contributed by atoms with Crippen molar-refractivity contribution in [3.63, 3.8) is 0 Å². The minimum Gasteiger partial charge on any atom is -0.469 e. The Kier molecular flexibility index (Phi) is 11.3. The second-order valence-electron chi connectivity index (χ2n) is 10.0. The number of ether oxygens (including phenoxy) is 1. The second kappa shape index (κ2) is 15.1. The van der Waals surface area contributed by atoms with Gasteiger partial charge in [-0.2, -0.15) is 0 Å². The summed E-state index contributed by atoms with van der Waals surface area (Å²) in [5.41, 5.74) is 6.36. The van der Waals surface area contributed by atoms with Crippen LogP contribution in [0.15, 0.2) is 78.9 Å². The van der Waals surface area contributed by atoms with Crippen LogP contribution in [0.1, 0.15) is 43.0 Å². The third-order valence-corrected chi connectivity index (χ3v) is 6.12. The van der Waals surface area contributed by atoms with Gasteiger partial charge in [0, 0.05) is 17.9 Å². The molecule has 0 radical (unpaired) electrons. The molecule has 3 rings (SSSR count). The molecule has 4 N–H and O–H groups in total. The zero-order chi connectivity index (χ0) is 29.8. The van der Waals surface area contributed by atoms with Crippen molar-refractivity contribution in [2.24, 2.45) is 5.92 Å². The normalized spacial score (nSPS) is 11.2. The van der Waals surface area contributed by atoms with Gasteiger partial charge in [0.25, 0.3) is 0 Å². The summed E-state index contributed by atoms with van der Waals surface area (Å²) < 4.78 is 4.80. The number of hydrogen-bond acceptors (Lipinski definition) is 5. The zero-order valence-electron chi connectivity index (χ0n) is 23.8. The second-order valence-corrected chi connectivity index (χ2v) is 10.0. The van der Waals surface area contributed by atoms with Crippen molar-refractivity contribution in [3.8, 4) is 0 Å². The molecule has 1 unspecified atom stereocenters. The van der Waals surface area contributed by atoms with Gasteiger partial charge in [0.2, 0.25) is 5.91 Å². The van der Waals surface area contributed by atoms with Crippen LogP contribution in [0.4, 0.5) is 21.0 Å². The van der Waals surface area contributed by atoms with Gasteiger partial charge in [0.1, 0.15) is 0 Å². The smallest absolute Gasteiger partial charge is 0.336 e. The van der Waals surface area contributed by atoms with E-state index in [2.05, 4.69) is 21.4 Å². The number of carbonyl (C=O) groups is 4. The van der Waals surface area contributed by atoms with E-state index in [9.17, 15) is 19.2 Å². The molecule has 0 aliphatic heterocycles. The maximum absolute atomic E-state index is 13.2. The average molecular weight is 560 g/mol. The molecule has 10 nitrogen and oxygen atoms in total. The van der Waals surface area contributed by atoms with Crippen LogP contribution < -0.4 is 21.4 Å². The molecule has 10 heteroatoms. The molecule has 0 aromatic heterocycles. The first-order valence-electron chi connectivity index (χ1n) is 13.4. The SMILES string of the molecule is COC(=O)CC(NC(=O)N(CC(C)C)NC(=O)Cc1ccc(NC(=O)Nc2ccccc2C)cc1)c1ccccc1. The van der Waals surface area contributed by atoms with Crippen LogP contribution >= 0.6 is 0 Å². The highest BCUT2D eigenvalue weighted by Crippen LogP contribution is 2.18. The molecule has 0 saturated heterocycles. The summed E-state index contributed by atoms with van der Waals surface area (Å²) in [5.74, 6) is -0.791. The lowest BCUT2D eigenvalue weighted by Crippen LogP contribution is -2.53. The summed E-state index contributed by atoms with van der Waals surface area (Å²) in [4.78, 5) is 50.5. The number of nitrogens with one attached hydrogen (secondary N) is 4. The number of hydrogen-bond donors (Lipinski definition) is 4. The Balaban J connectivity index is 1.60. The van der Waals surface area contributed by atoms with Gasteiger partial charge in [0.15, 0.2) is 0 Å². The number of urea groups is 2. The van der Waals surface area contributed by atoms with E-state index in [4.69, 9.17) is 4.74 Å². The molecule has 0 aliphatic rings. The third kappa shape index (κ3) is 9.99. The highest BCUT2D eigenvalue weighted by molar-refractivity contribution is 6.00. The lowest BCUT2D eigenvalue weighted by Gasteiger charge is -2.28. The first-order valence-corrected chi connectivity index (χ1v) is 13.4. The molecule has 0 spiro atoms. The number of benzene rings is 3. The van der Waals surface area contributed by atoms with E-state index >= 15 is 0 Å². The topological polar surface area (TPSA) is 129 Å². The molecule has 41 heavy (non-hydrogen) atoms. The number of carbonyl (C=O) groups excluding carboxylic acids is 4. The van der Waals surface area contributed by atoms with Crippen LogP contribution in [0.3, 0.4) is 0 Å². The first-order chi connectivity index (χ1) is 19.6. The van der Waals surface area contributed by atoms with Crippen LogP contribution in [0, 0.1) is 12.8 Å². The lowest BCUT2D eigenvalue weighted by atomic mass is 10.0. The highest BCUT2D eigenvalue weighted by Gasteiger charge is 2.24. The predicted octanol–water partition coefficient (Wildman–Crippen LogP) is 5.18. The molecule has 0 aliphatic carbocycles. The molecule has 3 aromatic rings. The van der Waals surface area contributed by atoms with E-state index in [0.717, 1.165) is 11.1 Å². The van der Waals surface area contributed by atoms with Gasteiger partial charge in [-0.25, -0.2) is 14.6 Å². The molecule has 0 bridgehead atoms. The molecule has 0 saturated carbocycles. The summed E-state index contributed by atoms with van der Waals surface area (Å²) in [6, 6.07) is 21.9. The largest absolute Gasteiger partial charge is 0.469 e. The minimum atomic E-state index is -0.634. The van der Waals surface area contributed by atoms with E-state index < -0.39 is 18.0 Å². The van der Waals surface area contributed by atoms with Gasteiger partial charge in [-0.3, -0.25) is 15.0 Å². The zero-order valence-corrected chi connectivity index (χ0v) is 23.8. The average Bonchev–Trinajstić information content (AvgIpc) is 2.94. The van der Waals surface area contributed by atoms with Crippen LogP contribution in [0.5, 0.6) is 0 Å². The van der Waals surface area contributed by atoms with Crippen molar-refractivity contribution in [3.05, 3.63) is 95.6 Å². The van der Waals surface area contributed by atoms with E-state index in [-0.39, 0.29) is 37.2 Å². The Morgan fingerprint density at radius 2 is 1.51 bits per heavy atom. The molecule has 3 aromatic carbocycles. The molecule has 216 valence electrons. The summed E-state index contributed by atoms with van der Waals surface area (Å²) in [6.07, 6.45) is -0.0408. The fourth-order valence-electron chi connectivity index (χ4n) is 4.04. The molecule has 5 amide bonds. The molecular weight excluding hydrogens is 522 g/mol. The predicted molar refractivity (Wildman–Crippen MR) is 158 cm³/mol. The quantitative estimate of drug-likeness (QED) is 0.201. The Morgan fingerprint density at radius 1 is 0.854 bits per heavy atom. The van der Waals surface area contributed by atoms with Crippen molar-refractivity contribution in [1.29, 1.82) is 0 Å². The van der Waals surface area contributed by atoms with Crippen molar-refractivity contribution in [2.45, 2.75) is 39.7 Å². The maximum atomic E-state index is 13.2. The number of rotatable bonds is 10. The van der Waals surface area contributed by atoms with Crippen molar-refractivity contribution >= 4 is 35.3 Å². The van der Waals surface area contributed by atoms with Gasteiger partial charge in [-0.05, 0) is 47.7 Å². The summed E-state index contributed by atoms with van der Waals surface area (Å²) in [5, 5.41) is 9.65. The summed E-state index contributed by atoms with van der Waals surface area (Å²) in [7, 11) is 1.29. The summed E-state index contributed by atoms with van der Waals surface area (Å²) >= 11 is 0. The first kappa shape index (κ1) is 30.7. The number of aryl methyl sites for hydroxylation is 1. The third-order valence-electron chi connectivity index (χ3n) is 6.12.